The molecule has 1 N–H and O–H groups in total. The van der Waals surface area contributed by atoms with E-state index in [4.69, 9.17) is 4.74 Å². The maximum Gasteiger partial charge on any atom is 0.239 e. The molecular weight excluding hydrogens is 216 g/mol. The van der Waals surface area contributed by atoms with Crippen LogP contribution >= 0.6 is 0 Å². The fraction of sp³-hybridized carbons (Fsp3) is 0.923. The van der Waals surface area contributed by atoms with Crippen molar-refractivity contribution in [1.29, 1.82) is 0 Å². The summed E-state index contributed by atoms with van der Waals surface area (Å²) in [4.78, 5) is 14.5. The van der Waals surface area contributed by atoms with Crippen molar-refractivity contribution in [2.24, 2.45) is 5.92 Å². The Morgan fingerprint density at radius 2 is 1.94 bits per heavy atom. The number of hydrogen-bond donors (Lipinski definition) is 1. The Kier molecular flexibility index (Phi) is 3.09. The maximum absolute atomic E-state index is 12.4. The Labute approximate surface area is 103 Å². The number of likely N-dealkylation sites (tertiary alicyclic amines) is 1. The predicted molar refractivity (Wildman–Crippen MR) is 64.7 cm³/mol. The molecule has 3 saturated heterocycles. The zero-order valence-electron chi connectivity index (χ0n) is 10.5. The molecule has 0 aromatic rings. The van der Waals surface area contributed by atoms with E-state index in [1.54, 1.807) is 0 Å². The van der Waals surface area contributed by atoms with E-state index in [2.05, 4.69) is 12.2 Å². The molecule has 1 amide bonds. The first-order valence-electron chi connectivity index (χ1n) is 6.90. The Morgan fingerprint density at radius 3 is 2.59 bits per heavy atom. The monoisotopic (exact) mass is 238 g/mol. The van der Waals surface area contributed by atoms with Gasteiger partial charge in [0.1, 0.15) is 0 Å². The van der Waals surface area contributed by atoms with Gasteiger partial charge < -0.3 is 15.0 Å². The van der Waals surface area contributed by atoms with Crippen molar-refractivity contribution in [2.45, 2.75) is 50.9 Å². The molecule has 0 radical (unpaired) electrons. The normalized spacial score (nSPS) is 41.6. The molecule has 4 atom stereocenters. The molecule has 96 valence electrons. The van der Waals surface area contributed by atoms with Gasteiger partial charge in [-0.05, 0) is 38.1 Å². The van der Waals surface area contributed by atoms with Crippen LogP contribution in [-0.4, -0.2) is 48.7 Å². The number of piperidine rings is 1. The number of morpholine rings is 1. The molecule has 2 bridgehead atoms. The Hall–Kier alpha value is -0.610. The SMILES string of the molecule is CC1CCNC(C(=O)N2CC3CCC(C2)O3)C1. The highest BCUT2D eigenvalue weighted by atomic mass is 16.5. The van der Waals surface area contributed by atoms with Crippen molar-refractivity contribution in [2.75, 3.05) is 19.6 Å². The molecule has 0 spiro atoms. The number of carbonyl (C=O) groups is 1. The van der Waals surface area contributed by atoms with Gasteiger partial charge in [0.2, 0.25) is 5.91 Å². The van der Waals surface area contributed by atoms with Gasteiger partial charge in [-0.2, -0.15) is 0 Å². The molecule has 3 aliphatic rings. The van der Waals surface area contributed by atoms with Crippen molar-refractivity contribution in [1.82, 2.24) is 10.2 Å². The van der Waals surface area contributed by atoms with Gasteiger partial charge in [-0.1, -0.05) is 6.92 Å². The van der Waals surface area contributed by atoms with Crippen LogP contribution in [-0.2, 0) is 9.53 Å². The summed E-state index contributed by atoms with van der Waals surface area (Å²) in [5, 5.41) is 3.36. The smallest absolute Gasteiger partial charge is 0.239 e. The van der Waals surface area contributed by atoms with Crippen molar-refractivity contribution in [3.63, 3.8) is 0 Å². The summed E-state index contributed by atoms with van der Waals surface area (Å²) in [6.07, 6.45) is 5.05. The van der Waals surface area contributed by atoms with Gasteiger partial charge in [0.25, 0.3) is 0 Å². The average Bonchev–Trinajstić information content (AvgIpc) is 2.67. The Balaban J connectivity index is 1.61. The standard InChI is InChI=1S/C13H22N2O2/c1-9-4-5-14-12(6-9)13(16)15-7-10-2-3-11(8-15)17-10/h9-12,14H,2-8H2,1H3. The van der Waals surface area contributed by atoms with E-state index >= 15 is 0 Å². The van der Waals surface area contributed by atoms with Gasteiger partial charge >= 0.3 is 0 Å². The summed E-state index contributed by atoms with van der Waals surface area (Å²) in [6.45, 7) is 4.84. The van der Waals surface area contributed by atoms with E-state index in [1.807, 2.05) is 4.90 Å². The van der Waals surface area contributed by atoms with E-state index in [0.29, 0.717) is 24.0 Å². The zero-order valence-corrected chi connectivity index (χ0v) is 10.5. The lowest BCUT2D eigenvalue weighted by Gasteiger charge is -2.36. The fourth-order valence-electron chi connectivity index (χ4n) is 3.31. The van der Waals surface area contributed by atoms with Crippen LogP contribution in [0.1, 0.15) is 32.6 Å². The molecular formula is C13H22N2O2. The molecule has 3 heterocycles. The number of nitrogens with one attached hydrogen (secondary N) is 1. The van der Waals surface area contributed by atoms with Crippen LogP contribution in [0.25, 0.3) is 0 Å². The highest BCUT2D eigenvalue weighted by molar-refractivity contribution is 5.82. The molecule has 3 fully saturated rings. The molecule has 4 nitrogen and oxygen atoms in total. The van der Waals surface area contributed by atoms with Crippen LogP contribution in [0, 0.1) is 5.92 Å². The zero-order chi connectivity index (χ0) is 11.8. The minimum absolute atomic E-state index is 0.0521. The van der Waals surface area contributed by atoms with Crippen LogP contribution in [0.15, 0.2) is 0 Å². The van der Waals surface area contributed by atoms with Gasteiger partial charge in [-0.25, -0.2) is 0 Å². The van der Waals surface area contributed by atoms with E-state index in [1.165, 1.54) is 6.42 Å². The third-order valence-electron chi connectivity index (χ3n) is 4.32. The second-order valence-corrected chi connectivity index (χ2v) is 5.84. The van der Waals surface area contributed by atoms with Crippen molar-refractivity contribution >= 4 is 5.91 Å². The third-order valence-corrected chi connectivity index (χ3v) is 4.32. The molecule has 0 aliphatic carbocycles. The molecule has 4 heteroatoms. The van der Waals surface area contributed by atoms with Crippen LogP contribution in [0.2, 0.25) is 0 Å². The van der Waals surface area contributed by atoms with Gasteiger partial charge in [0, 0.05) is 13.1 Å². The quantitative estimate of drug-likeness (QED) is 0.733. The molecule has 0 saturated carbocycles. The number of hydrogen-bond acceptors (Lipinski definition) is 3. The Morgan fingerprint density at radius 1 is 1.24 bits per heavy atom. The van der Waals surface area contributed by atoms with Gasteiger partial charge in [-0.15, -0.1) is 0 Å². The van der Waals surface area contributed by atoms with Crippen molar-refractivity contribution < 1.29 is 9.53 Å². The third kappa shape index (κ3) is 2.33. The second kappa shape index (κ2) is 4.58. The van der Waals surface area contributed by atoms with E-state index in [0.717, 1.165) is 38.9 Å². The summed E-state index contributed by atoms with van der Waals surface area (Å²) < 4.78 is 5.77. The van der Waals surface area contributed by atoms with Crippen LogP contribution in [0.3, 0.4) is 0 Å². The van der Waals surface area contributed by atoms with E-state index < -0.39 is 0 Å². The van der Waals surface area contributed by atoms with Crippen LogP contribution < -0.4 is 5.32 Å². The first-order chi connectivity index (χ1) is 8.22. The summed E-state index contributed by atoms with van der Waals surface area (Å²) >= 11 is 0. The number of rotatable bonds is 1. The number of amides is 1. The molecule has 17 heavy (non-hydrogen) atoms. The van der Waals surface area contributed by atoms with Crippen molar-refractivity contribution in [3.8, 4) is 0 Å². The summed E-state index contributed by atoms with van der Waals surface area (Å²) in [7, 11) is 0. The van der Waals surface area contributed by atoms with E-state index in [9.17, 15) is 4.79 Å². The first-order valence-corrected chi connectivity index (χ1v) is 6.90. The van der Waals surface area contributed by atoms with Gasteiger partial charge in [0.15, 0.2) is 0 Å². The fourth-order valence-corrected chi connectivity index (χ4v) is 3.31. The van der Waals surface area contributed by atoms with Crippen molar-refractivity contribution in [3.05, 3.63) is 0 Å². The molecule has 4 unspecified atom stereocenters. The molecule has 0 aromatic heterocycles. The topological polar surface area (TPSA) is 41.6 Å². The van der Waals surface area contributed by atoms with E-state index in [-0.39, 0.29) is 6.04 Å². The first kappa shape index (κ1) is 11.5. The number of ether oxygens (including phenoxy) is 1. The maximum atomic E-state index is 12.4. The molecule has 3 aliphatic heterocycles. The summed E-state index contributed by atoms with van der Waals surface area (Å²) in [5.74, 6) is 0.972. The number of nitrogens with zero attached hydrogens (tertiary/aromatic N) is 1. The second-order valence-electron chi connectivity index (χ2n) is 5.84. The lowest BCUT2D eigenvalue weighted by atomic mass is 9.93. The van der Waals surface area contributed by atoms with Crippen LogP contribution in [0.5, 0.6) is 0 Å². The summed E-state index contributed by atoms with van der Waals surface area (Å²) in [6, 6.07) is 0.0521. The largest absolute Gasteiger partial charge is 0.371 e. The predicted octanol–water partition coefficient (Wildman–Crippen LogP) is 0.764. The van der Waals surface area contributed by atoms with Gasteiger partial charge in [-0.3, -0.25) is 4.79 Å². The highest BCUT2D eigenvalue weighted by Crippen LogP contribution is 2.27. The molecule has 0 aromatic carbocycles. The minimum Gasteiger partial charge on any atom is -0.371 e. The lowest BCUT2D eigenvalue weighted by Crippen LogP contribution is -2.54. The average molecular weight is 238 g/mol. The highest BCUT2D eigenvalue weighted by Gasteiger charge is 2.38. The lowest BCUT2D eigenvalue weighted by molar-refractivity contribution is -0.143. The number of carbonyl (C=O) groups excluding carboxylic acids is 1. The Bertz CT molecular complexity index is 296. The summed E-state index contributed by atoms with van der Waals surface area (Å²) in [5.41, 5.74) is 0. The number of fused-ring (bicyclic) bond motifs is 2. The minimum atomic E-state index is 0.0521. The molecule has 3 rings (SSSR count). The van der Waals surface area contributed by atoms with Gasteiger partial charge in [0.05, 0.1) is 18.2 Å². The van der Waals surface area contributed by atoms with Crippen LogP contribution in [0.4, 0.5) is 0 Å².